The molecule has 18 heavy (non-hydrogen) atoms. The molecule has 5 heteroatoms. The van der Waals surface area contributed by atoms with Crippen molar-refractivity contribution in [3.05, 3.63) is 64.7 Å². The molecule has 0 saturated carbocycles. The fourth-order valence-corrected chi connectivity index (χ4v) is 1.45. The van der Waals surface area contributed by atoms with E-state index in [9.17, 15) is 9.18 Å². The molecule has 92 valence electrons. The number of pyridine rings is 1. The average Bonchev–Trinajstić information content (AvgIpc) is 2.38. The van der Waals surface area contributed by atoms with Crippen LogP contribution in [0.5, 0.6) is 0 Å². The molecule has 0 aliphatic heterocycles. The molecule has 2 rings (SSSR count). The molecule has 0 atom stereocenters. The van der Waals surface area contributed by atoms with E-state index in [0.29, 0.717) is 5.02 Å². The van der Waals surface area contributed by atoms with Crippen LogP contribution in [0, 0.1) is 5.95 Å². The van der Waals surface area contributed by atoms with Crippen LogP contribution in [0.25, 0.3) is 0 Å². The van der Waals surface area contributed by atoms with Crippen molar-refractivity contribution in [3.8, 4) is 0 Å². The molecule has 0 saturated heterocycles. The number of carbonyl (C=O) groups is 1. The van der Waals surface area contributed by atoms with E-state index < -0.39 is 11.9 Å². The highest BCUT2D eigenvalue weighted by atomic mass is 35.5. The molecule has 0 N–H and O–H groups in total. The minimum atomic E-state index is -0.712. The van der Waals surface area contributed by atoms with Crippen molar-refractivity contribution in [2.75, 3.05) is 0 Å². The van der Waals surface area contributed by atoms with E-state index in [0.717, 1.165) is 11.6 Å². The van der Waals surface area contributed by atoms with Gasteiger partial charge in [0, 0.05) is 5.02 Å². The van der Waals surface area contributed by atoms with Crippen LogP contribution in [0.4, 0.5) is 4.39 Å². The van der Waals surface area contributed by atoms with Gasteiger partial charge in [-0.05, 0) is 29.8 Å². The van der Waals surface area contributed by atoms with Crippen LogP contribution >= 0.6 is 11.6 Å². The molecule has 0 bridgehead atoms. The molecule has 1 aromatic carbocycles. The van der Waals surface area contributed by atoms with Gasteiger partial charge in [-0.15, -0.1) is 0 Å². The molecule has 1 heterocycles. The van der Waals surface area contributed by atoms with Crippen molar-refractivity contribution < 1.29 is 13.9 Å². The molecule has 1 aromatic heterocycles. The van der Waals surface area contributed by atoms with Crippen molar-refractivity contribution in [3.63, 3.8) is 0 Å². The van der Waals surface area contributed by atoms with Crippen LogP contribution in [-0.2, 0) is 11.3 Å². The van der Waals surface area contributed by atoms with Gasteiger partial charge in [0.05, 0.1) is 0 Å². The lowest BCUT2D eigenvalue weighted by atomic mass is 10.2. The SMILES string of the molecule is O=C(OCc1ccc(Cl)cc1)c1cccc(F)n1. The van der Waals surface area contributed by atoms with Gasteiger partial charge >= 0.3 is 5.97 Å². The number of halogens is 2. The lowest BCUT2D eigenvalue weighted by Gasteiger charge is -2.04. The Labute approximate surface area is 108 Å². The first-order valence-corrected chi connectivity index (χ1v) is 5.57. The van der Waals surface area contributed by atoms with Gasteiger partial charge < -0.3 is 4.74 Å². The van der Waals surface area contributed by atoms with Gasteiger partial charge in [0.2, 0.25) is 5.95 Å². The largest absolute Gasteiger partial charge is 0.456 e. The fourth-order valence-electron chi connectivity index (χ4n) is 1.33. The first-order valence-electron chi connectivity index (χ1n) is 5.19. The van der Waals surface area contributed by atoms with Crippen molar-refractivity contribution in [1.82, 2.24) is 4.98 Å². The van der Waals surface area contributed by atoms with Crippen molar-refractivity contribution in [2.24, 2.45) is 0 Å². The zero-order valence-electron chi connectivity index (χ0n) is 9.27. The second-order valence-corrected chi connectivity index (χ2v) is 3.98. The Bertz CT molecular complexity index is 557. The average molecular weight is 266 g/mol. The van der Waals surface area contributed by atoms with Crippen LogP contribution in [0.1, 0.15) is 16.1 Å². The van der Waals surface area contributed by atoms with Gasteiger partial charge in [0.1, 0.15) is 6.61 Å². The number of esters is 1. The van der Waals surface area contributed by atoms with Crippen LogP contribution in [-0.4, -0.2) is 11.0 Å². The molecule has 0 aliphatic rings. The summed E-state index contributed by atoms with van der Waals surface area (Å²) >= 11 is 5.73. The highest BCUT2D eigenvalue weighted by Gasteiger charge is 2.09. The van der Waals surface area contributed by atoms with Crippen molar-refractivity contribution >= 4 is 17.6 Å². The van der Waals surface area contributed by atoms with E-state index in [1.54, 1.807) is 24.3 Å². The van der Waals surface area contributed by atoms with Gasteiger partial charge in [0.25, 0.3) is 0 Å². The van der Waals surface area contributed by atoms with Gasteiger partial charge in [0.15, 0.2) is 5.69 Å². The molecule has 0 radical (unpaired) electrons. The van der Waals surface area contributed by atoms with E-state index in [4.69, 9.17) is 16.3 Å². The Morgan fingerprint density at radius 3 is 2.61 bits per heavy atom. The smallest absolute Gasteiger partial charge is 0.357 e. The molecule has 2 aromatic rings. The monoisotopic (exact) mass is 265 g/mol. The Kier molecular flexibility index (Phi) is 3.89. The fraction of sp³-hybridized carbons (Fsp3) is 0.0769. The molecule has 0 fully saturated rings. The summed E-state index contributed by atoms with van der Waals surface area (Å²) in [4.78, 5) is 15.0. The maximum absolute atomic E-state index is 12.8. The number of benzene rings is 1. The lowest BCUT2D eigenvalue weighted by molar-refractivity contribution is 0.0464. The summed E-state index contributed by atoms with van der Waals surface area (Å²) in [6.07, 6.45) is 0. The molecule has 0 aliphatic carbocycles. The molecular formula is C13H9ClFNO2. The van der Waals surface area contributed by atoms with Crippen molar-refractivity contribution in [2.45, 2.75) is 6.61 Å². The maximum atomic E-state index is 12.8. The van der Waals surface area contributed by atoms with E-state index in [1.165, 1.54) is 12.1 Å². The Morgan fingerprint density at radius 2 is 1.94 bits per heavy atom. The van der Waals surface area contributed by atoms with E-state index >= 15 is 0 Å². The third-order valence-corrected chi connectivity index (χ3v) is 2.46. The first kappa shape index (κ1) is 12.5. The summed E-state index contributed by atoms with van der Waals surface area (Å²) < 4.78 is 17.8. The minimum absolute atomic E-state index is 0.0519. The quantitative estimate of drug-likeness (QED) is 0.632. The highest BCUT2D eigenvalue weighted by molar-refractivity contribution is 6.30. The molecular weight excluding hydrogens is 257 g/mol. The predicted molar refractivity (Wildman–Crippen MR) is 64.8 cm³/mol. The predicted octanol–water partition coefficient (Wildman–Crippen LogP) is 3.23. The molecule has 3 nitrogen and oxygen atoms in total. The molecule has 0 spiro atoms. The summed E-state index contributed by atoms with van der Waals surface area (Å²) in [5.41, 5.74) is 0.744. The van der Waals surface area contributed by atoms with Gasteiger partial charge in [-0.1, -0.05) is 29.8 Å². The topological polar surface area (TPSA) is 39.2 Å². The van der Waals surface area contributed by atoms with Gasteiger partial charge in [-0.25, -0.2) is 9.78 Å². The number of rotatable bonds is 3. The summed E-state index contributed by atoms with van der Waals surface area (Å²) in [6, 6.07) is 10.9. The van der Waals surface area contributed by atoms with Crippen molar-refractivity contribution in [1.29, 1.82) is 0 Å². The number of hydrogen-bond donors (Lipinski definition) is 0. The van der Waals surface area contributed by atoms with Gasteiger partial charge in [-0.2, -0.15) is 4.39 Å². The van der Waals surface area contributed by atoms with E-state index in [-0.39, 0.29) is 12.3 Å². The zero-order chi connectivity index (χ0) is 13.0. The van der Waals surface area contributed by atoms with E-state index in [1.807, 2.05) is 0 Å². The standard InChI is InChI=1S/C13H9ClFNO2/c14-10-6-4-9(5-7-10)8-18-13(17)11-2-1-3-12(15)16-11/h1-7H,8H2. The Morgan fingerprint density at radius 1 is 1.22 bits per heavy atom. The zero-order valence-corrected chi connectivity index (χ0v) is 10.0. The van der Waals surface area contributed by atoms with Crippen LogP contribution in [0.2, 0.25) is 5.02 Å². The number of aromatic nitrogens is 1. The van der Waals surface area contributed by atoms with Crippen LogP contribution in [0.15, 0.2) is 42.5 Å². The summed E-state index contributed by atoms with van der Waals surface area (Å²) in [5.74, 6) is -1.37. The molecule has 0 amide bonds. The highest BCUT2D eigenvalue weighted by Crippen LogP contribution is 2.11. The number of ether oxygens (including phenoxy) is 1. The van der Waals surface area contributed by atoms with E-state index in [2.05, 4.69) is 4.98 Å². The minimum Gasteiger partial charge on any atom is -0.456 e. The third kappa shape index (κ3) is 3.28. The Balaban J connectivity index is 1.98. The second-order valence-electron chi connectivity index (χ2n) is 3.55. The maximum Gasteiger partial charge on any atom is 0.357 e. The number of carbonyl (C=O) groups excluding carboxylic acids is 1. The normalized spacial score (nSPS) is 10.1. The van der Waals surface area contributed by atoms with Crippen LogP contribution < -0.4 is 0 Å². The lowest BCUT2D eigenvalue weighted by Crippen LogP contribution is -2.08. The summed E-state index contributed by atoms with van der Waals surface area (Å²) in [6.45, 7) is 0.0915. The second kappa shape index (κ2) is 5.60. The van der Waals surface area contributed by atoms with Gasteiger partial charge in [-0.3, -0.25) is 0 Å². The molecule has 0 unspecified atom stereocenters. The third-order valence-electron chi connectivity index (χ3n) is 2.21. The Hall–Kier alpha value is -1.94. The summed E-state index contributed by atoms with van der Waals surface area (Å²) in [7, 11) is 0. The number of hydrogen-bond acceptors (Lipinski definition) is 3. The number of nitrogens with zero attached hydrogens (tertiary/aromatic N) is 1. The van der Waals surface area contributed by atoms with Crippen LogP contribution in [0.3, 0.4) is 0 Å². The first-order chi connectivity index (χ1) is 8.65. The summed E-state index contributed by atoms with van der Waals surface area (Å²) in [5, 5.41) is 0.608.